The molecule has 1 fully saturated rings. The van der Waals surface area contributed by atoms with E-state index >= 15 is 0 Å². The van der Waals surface area contributed by atoms with Crippen molar-refractivity contribution >= 4 is 5.91 Å². The number of aliphatic hydroxyl groups is 2. The SMILES string of the molecule is O=C(c1ccccc1)N1C(CO)CC1CO. The third kappa shape index (κ3) is 1.81. The minimum atomic E-state index is -0.148. The van der Waals surface area contributed by atoms with Crippen molar-refractivity contribution in [2.24, 2.45) is 0 Å². The van der Waals surface area contributed by atoms with E-state index in [-0.39, 0.29) is 31.2 Å². The molecule has 86 valence electrons. The Balaban J connectivity index is 2.14. The molecule has 4 nitrogen and oxygen atoms in total. The molecule has 0 radical (unpaired) electrons. The highest BCUT2D eigenvalue weighted by atomic mass is 16.3. The van der Waals surface area contributed by atoms with Crippen molar-refractivity contribution in [2.45, 2.75) is 18.5 Å². The van der Waals surface area contributed by atoms with E-state index in [0.29, 0.717) is 12.0 Å². The van der Waals surface area contributed by atoms with Crippen LogP contribution in [0.15, 0.2) is 30.3 Å². The van der Waals surface area contributed by atoms with Crippen LogP contribution in [-0.2, 0) is 0 Å². The first-order valence-corrected chi connectivity index (χ1v) is 5.37. The first kappa shape index (κ1) is 11.1. The molecule has 16 heavy (non-hydrogen) atoms. The molecule has 1 aliphatic heterocycles. The first-order chi connectivity index (χ1) is 7.77. The lowest BCUT2D eigenvalue weighted by atomic mass is 9.92. The van der Waals surface area contributed by atoms with E-state index in [4.69, 9.17) is 10.2 Å². The molecule has 0 saturated carbocycles. The number of likely N-dealkylation sites (tertiary alicyclic amines) is 1. The Labute approximate surface area is 94.1 Å². The van der Waals surface area contributed by atoms with E-state index in [1.807, 2.05) is 6.07 Å². The maximum Gasteiger partial charge on any atom is 0.254 e. The second-order valence-electron chi connectivity index (χ2n) is 3.99. The molecule has 0 aliphatic carbocycles. The van der Waals surface area contributed by atoms with Gasteiger partial charge in [0.25, 0.3) is 5.91 Å². The lowest BCUT2D eigenvalue weighted by Gasteiger charge is -2.47. The summed E-state index contributed by atoms with van der Waals surface area (Å²) in [5, 5.41) is 18.2. The van der Waals surface area contributed by atoms with E-state index in [1.54, 1.807) is 29.2 Å². The van der Waals surface area contributed by atoms with Gasteiger partial charge < -0.3 is 15.1 Å². The number of nitrogens with zero attached hydrogens (tertiary/aromatic N) is 1. The van der Waals surface area contributed by atoms with Crippen LogP contribution in [0, 0.1) is 0 Å². The van der Waals surface area contributed by atoms with Crippen LogP contribution in [0.25, 0.3) is 0 Å². The normalized spacial score (nSPS) is 24.0. The Morgan fingerprint density at radius 1 is 1.19 bits per heavy atom. The molecule has 1 amide bonds. The molecular formula is C12H15NO3. The highest BCUT2D eigenvalue weighted by Crippen LogP contribution is 2.27. The van der Waals surface area contributed by atoms with Gasteiger partial charge in [0.15, 0.2) is 0 Å². The Kier molecular flexibility index (Phi) is 3.22. The van der Waals surface area contributed by atoms with Gasteiger partial charge in [0.05, 0.1) is 25.3 Å². The molecule has 2 unspecified atom stereocenters. The van der Waals surface area contributed by atoms with Crippen molar-refractivity contribution < 1.29 is 15.0 Å². The van der Waals surface area contributed by atoms with Crippen LogP contribution < -0.4 is 0 Å². The van der Waals surface area contributed by atoms with Gasteiger partial charge >= 0.3 is 0 Å². The number of carbonyl (C=O) groups is 1. The summed E-state index contributed by atoms with van der Waals surface area (Å²) in [6.07, 6.45) is 0.672. The van der Waals surface area contributed by atoms with Gasteiger partial charge in [-0.2, -0.15) is 0 Å². The highest BCUT2D eigenvalue weighted by molar-refractivity contribution is 5.95. The van der Waals surface area contributed by atoms with Crippen molar-refractivity contribution in [1.29, 1.82) is 0 Å². The van der Waals surface area contributed by atoms with E-state index < -0.39 is 0 Å². The molecule has 2 N–H and O–H groups in total. The van der Waals surface area contributed by atoms with Crippen LogP contribution in [-0.4, -0.2) is 46.3 Å². The molecule has 1 aliphatic rings. The second-order valence-corrected chi connectivity index (χ2v) is 3.99. The zero-order chi connectivity index (χ0) is 11.5. The smallest absolute Gasteiger partial charge is 0.254 e. The molecule has 0 bridgehead atoms. The van der Waals surface area contributed by atoms with E-state index in [1.165, 1.54) is 0 Å². The third-order valence-corrected chi connectivity index (χ3v) is 3.01. The van der Waals surface area contributed by atoms with E-state index in [2.05, 4.69) is 0 Å². The lowest BCUT2D eigenvalue weighted by Crippen LogP contribution is -2.61. The summed E-state index contributed by atoms with van der Waals surface area (Å²) in [6.45, 7) is -0.0931. The van der Waals surface area contributed by atoms with Gasteiger partial charge in [-0.3, -0.25) is 4.79 Å². The fraction of sp³-hybridized carbons (Fsp3) is 0.417. The Morgan fingerprint density at radius 2 is 1.75 bits per heavy atom. The molecule has 1 aromatic rings. The molecule has 2 atom stereocenters. The van der Waals surface area contributed by atoms with Crippen molar-refractivity contribution in [1.82, 2.24) is 4.90 Å². The fourth-order valence-corrected chi connectivity index (χ4v) is 2.09. The average Bonchev–Trinajstić information content (AvgIpc) is 2.30. The second kappa shape index (κ2) is 4.63. The largest absolute Gasteiger partial charge is 0.394 e. The number of hydrogen-bond donors (Lipinski definition) is 2. The summed E-state index contributed by atoms with van der Waals surface area (Å²) in [7, 11) is 0. The monoisotopic (exact) mass is 221 g/mol. The Morgan fingerprint density at radius 3 is 2.25 bits per heavy atom. The third-order valence-electron chi connectivity index (χ3n) is 3.01. The molecule has 4 heteroatoms. The molecule has 0 aromatic heterocycles. The summed E-state index contributed by atoms with van der Waals surface area (Å²) in [6, 6.07) is 8.63. The Hall–Kier alpha value is -1.39. The highest BCUT2D eigenvalue weighted by Gasteiger charge is 2.40. The number of aliphatic hydroxyl groups excluding tert-OH is 2. The van der Waals surface area contributed by atoms with Gasteiger partial charge in [-0.1, -0.05) is 18.2 Å². The van der Waals surface area contributed by atoms with Gasteiger partial charge in [0.2, 0.25) is 0 Å². The number of rotatable bonds is 3. The Bertz CT molecular complexity index is 356. The van der Waals surface area contributed by atoms with Crippen LogP contribution in [0.1, 0.15) is 16.8 Å². The number of carbonyl (C=O) groups excluding carboxylic acids is 1. The standard InChI is InChI=1S/C12H15NO3/c14-7-10-6-11(8-15)13(10)12(16)9-4-2-1-3-5-9/h1-5,10-11,14-15H,6-8H2. The topological polar surface area (TPSA) is 60.8 Å². The molecule has 1 heterocycles. The van der Waals surface area contributed by atoms with Crippen LogP contribution in [0.5, 0.6) is 0 Å². The van der Waals surface area contributed by atoms with Gasteiger partial charge in [-0.15, -0.1) is 0 Å². The molecule has 1 aromatic carbocycles. The zero-order valence-electron chi connectivity index (χ0n) is 8.91. The van der Waals surface area contributed by atoms with Gasteiger partial charge in [0, 0.05) is 5.56 Å². The fourth-order valence-electron chi connectivity index (χ4n) is 2.09. The van der Waals surface area contributed by atoms with Crippen molar-refractivity contribution in [3.63, 3.8) is 0 Å². The number of benzene rings is 1. The lowest BCUT2D eigenvalue weighted by molar-refractivity contribution is -0.0244. The van der Waals surface area contributed by atoms with E-state index in [9.17, 15) is 4.79 Å². The quantitative estimate of drug-likeness (QED) is 0.769. The van der Waals surface area contributed by atoms with Gasteiger partial charge in [0.1, 0.15) is 0 Å². The van der Waals surface area contributed by atoms with Crippen molar-refractivity contribution in [3.05, 3.63) is 35.9 Å². The maximum absolute atomic E-state index is 12.1. The molecule has 0 spiro atoms. The van der Waals surface area contributed by atoms with Crippen LogP contribution >= 0.6 is 0 Å². The first-order valence-electron chi connectivity index (χ1n) is 5.37. The predicted molar refractivity (Wildman–Crippen MR) is 59.0 cm³/mol. The summed E-state index contributed by atoms with van der Waals surface area (Å²) in [5.41, 5.74) is 0.596. The van der Waals surface area contributed by atoms with Crippen LogP contribution in [0.3, 0.4) is 0 Å². The van der Waals surface area contributed by atoms with Crippen LogP contribution in [0.4, 0.5) is 0 Å². The maximum atomic E-state index is 12.1. The minimum absolute atomic E-state index is 0.0466. The average molecular weight is 221 g/mol. The zero-order valence-corrected chi connectivity index (χ0v) is 8.91. The summed E-state index contributed by atoms with van der Waals surface area (Å²) in [4.78, 5) is 13.6. The summed E-state index contributed by atoms with van der Waals surface area (Å²) in [5.74, 6) is -0.120. The van der Waals surface area contributed by atoms with E-state index in [0.717, 1.165) is 0 Å². The van der Waals surface area contributed by atoms with Gasteiger partial charge in [-0.05, 0) is 18.6 Å². The van der Waals surface area contributed by atoms with Crippen molar-refractivity contribution in [3.8, 4) is 0 Å². The summed E-state index contributed by atoms with van der Waals surface area (Å²) < 4.78 is 0. The van der Waals surface area contributed by atoms with Gasteiger partial charge in [-0.25, -0.2) is 0 Å². The molecule has 1 saturated heterocycles. The number of amides is 1. The summed E-state index contributed by atoms with van der Waals surface area (Å²) >= 11 is 0. The van der Waals surface area contributed by atoms with Crippen molar-refractivity contribution in [2.75, 3.05) is 13.2 Å². The van der Waals surface area contributed by atoms with Crippen LogP contribution in [0.2, 0.25) is 0 Å². The molecular weight excluding hydrogens is 206 g/mol. The predicted octanol–water partition coefficient (Wildman–Crippen LogP) is 0.254. The minimum Gasteiger partial charge on any atom is -0.394 e. The number of hydrogen-bond acceptors (Lipinski definition) is 3. The molecule has 2 rings (SSSR count).